The number of unbranched alkanes of at least 4 members (excludes halogenated alkanes) is 2. The van der Waals surface area contributed by atoms with Gasteiger partial charge in [-0.05, 0) is 36.1 Å². The molecule has 0 aliphatic rings. The number of hydrogen-bond donors (Lipinski definition) is 1. The van der Waals surface area contributed by atoms with E-state index in [0.717, 1.165) is 34.9 Å². The van der Waals surface area contributed by atoms with Gasteiger partial charge in [0.25, 0.3) is 0 Å². The number of rotatable bonds is 7. The van der Waals surface area contributed by atoms with E-state index in [1.54, 1.807) is 0 Å². The topological polar surface area (TPSA) is 41.5 Å². The maximum Gasteiger partial charge on any atom is 0.244 e. The molecule has 0 atom stereocenters. The van der Waals surface area contributed by atoms with Gasteiger partial charge in [-0.3, -0.25) is 4.79 Å². The van der Waals surface area contributed by atoms with Crippen LogP contribution in [-0.2, 0) is 11.2 Å². The molecule has 1 N–H and O–H groups in total. The molecule has 0 saturated carbocycles. The summed E-state index contributed by atoms with van der Waals surface area (Å²) in [6.45, 7) is 4.15. The molecule has 2 aromatic rings. The molecule has 1 amide bonds. The van der Waals surface area contributed by atoms with Crippen LogP contribution in [-0.4, -0.2) is 11.6 Å². The van der Waals surface area contributed by atoms with Gasteiger partial charge in [0.1, 0.15) is 0 Å². The highest BCUT2D eigenvalue weighted by Crippen LogP contribution is 2.18. The number of nitrogens with zero attached hydrogens (tertiary/aromatic N) is 1. The molecule has 2 aromatic carbocycles. The summed E-state index contributed by atoms with van der Waals surface area (Å²) in [6, 6.07) is 14.2. The predicted octanol–water partition coefficient (Wildman–Crippen LogP) is 4.45. The Morgan fingerprint density at radius 2 is 1.86 bits per heavy atom. The standard InChI is InChI=1S/C19H24N2O/c1-3-4-5-9-15(2)20-21-19(22)14-17-12-8-11-16-10-6-7-13-18(16)17/h6-8,10-13H,3-5,9,14H2,1-2H3,(H,21,22)/b20-15+. The first-order chi connectivity index (χ1) is 10.7. The summed E-state index contributed by atoms with van der Waals surface area (Å²) in [5.74, 6) is -0.0637. The zero-order chi connectivity index (χ0) is 15.8. The molecule has 0 fully saturated rings. The van der Waals surface area contributed by atoms with Gasteiger partial charge in [0.15, 0.2) is 0 Å². The van der Waals surface area contributed by atoms with Crippen molar-refractivity contribution < 1.29 is 4.79 Å². The number of fused-ring (bicyclic) bond motifs is 1. The number of nitrogens with one attached hydrogen (secondary N) is 1. The average molecular weight is 296 g/mol. The van der Waals surface area contributed by atoms with Gasteiger partial charge >= 0.3 is 0 Å². The Balaban J connectivity index is 1.95. The van der Waals surface area contributed by atoms with Crippen LogP contribution >= 0.6 is 0 Å². The van der Waals surface area contributed by atoms with E-state index >= 15 is 0 Å². The Labute approximate surface area is 132 Å². The predicted molar refractivity (Wildman–Crippen MR) is 93.0 cm³/mol. The second-order valence-corrected chi connectivity index (χ2v) is 5.65. The molecule has 0 unspecified atom stereocenters. The van der Waals surface area contributed by atoms with E-state index in [9.17, 15) is 4.79 Å². The van der Waals surface area contributed by atoms with E-state index in [-0.39, 0.29) is 5.91 Å². The Bertz CT molecular complexity index is 656. The first-order valence-electron chi connectivity index (χ1n) is 7.99. The highest BCUT2D eigenvalue weighted by molar-refractivity contribution is 5.91. The van der Waals surface area contributed by atoms with Crippen LogP contribution in [0.15, 0.2) is 47.6 Å². The van der Waals surface area contributed by atoms with Gasteiger partial charge in [0.05, 0.1) is 6.42 Å². The quantitative estimate of drug-likeness (QED) is 0.457. The Morgan fingerprint density at radius 1 is 1.09 bits per heavy atom. The molecular weight excluding hydrogens is 272 g/mol. The van der Waals surface area contributed by atoms with Crippen LogP contribution in [0.25, 0.3) is 10.8 Å². The van der Waals surface area contributed by atoms with Crippen molar-refractivity contribution in [3.8, 4) is 0 Å². The van der Waals surface area contributed by atoms with Gasteiger partial charge in [0.2, 0.25) is 5.91 Å². The Morgan fingerprint density at radius 3 is 2.68 bits per heavy atom. The van der Waals surface area contributed by atoms with Gasteiger partial charge in [-0.2, -0.15) is 5.10 Å². The molecule has 3 nitrogen and oxygen atoms in total. The third-order valence-electron chi connectivity index (χ3n) is 3.74. The molecule has 3 heteroatoms. The fourth-order valence-corrected chi connectivity index (χ4v) is 2.50. The lowest BCUT2D eigenvalue weighted by Gasteiger charge is -2.06. The van der Waals surface area contributed by atoms with Crippen LogP contribution in [0.3, 0.4) is 0 Å². The molecule has 116 valence electrons. The highest BCUT2D eigenvalue weighted by Gasteiger charge is 2.06. The largest absolute Gasteiger partial charge is 0.273 e. The summed E-state index contributed by atoms with van der Waals surface area (Å²) >= 11 is 0. The minimum Gasteiger partial charge on any atom is -0.273 e. The second kappa shape index (κ2) is 8.32. The molecule has 0 radical (unpaired) electrons. The normalized spacial score (nSPS) is 11.6. The maximum absolute atomic E-state index is 12.1. The van der Waals surface area contributed by atoms with Crippen molar-refractivity contribution in [2.75, 3.05) is 0 Å². The van der Waals surface area contributed by atoms with Crippen LogP contribution in [0, 0.1) is 0 Å². The molecule has 0 aliphatic carbocycles. The number of hydrazone groups is 1. The van der Waals surface area contributed by atoms with Gasteiger partial charge in [0, 0.05) is 5.71 Å². The van der Waals surface area contributed by atoms with Gasteiger partial charge in [-0.15, -0.1) is 0 Å². The highest BCUT2D eigenvalue weighted by atomic mass is 16.2. The van der Waals surface area contributed by atoms with Crippen LogP contribution < -0.4 is 5.43 Å². The lowest BCUT2D eigenvalue weighted by molar-refractivity contribution is -0.120. The van der Waals surface area contributed by atoms with E-state index in [1.807, 2.05) is 31.2 Å². The fourth-order valence-electron chi connectivity index (χ4n) is 2.50. The fraction of sp³-hybridized carbons (Fsp3) is 0.368. The summed E-state index contributed by atoms with van der Waals surface area (Å²) in [5.41, 5.74) is 4.69. The van der Waals surface area contributed by atoms with Crippen molar-refractivity contribution in [3.63, 3.8) is 0 Å². The molecule has 0 heterocycles. The monoisotopic (exact) mass is 296 g/mol. The Kier molecular flexibility index (Phi) is 6.13. The molecule has 2 rings (SSSR count). The maximum atomic E-state index is 12.1. The number of amides is 1. The van der Waals surface area contributed by atoms with Crippen LogP contribution in [0.4, 0.5) is 0 Å². The van der Waals surface area contributed by atoms with Gasteiger partial charge in [-0.25, -0.2) is 5.43 Å². The van der Waals surface area contributed by atoms with Gasteiger partial charge in [-0.1, -0.05) is 62.2 Å². The molecule has 0 bridgehead atoms. The number of carbonyl (C=O) groups is 1. The van der Waals surface area contributed by atoms with Crippen molar-refractivity contribution in [2.45, 2.75) is 46.0 Å². The molecule has 0 saturated heterocycles. The third-order valence-corrected chi connectivity index (χ3v) is 3.74. The van der Waals surface area contributed by atoms with Crippen molar-refractivity contribution in [3.05, 3.63) is 48.0 Å². The number of carbonyl (C=O) groups excluding carboxylic acids is 1. The van der Waals surface area contributed by atoms with Crippen LogP contribution in [0.1, 0.15) is 45.1 Å². The summed E-state index contributed by atoms with van der Waals surface area (Å²) in [4.78, 5) is 12.1. The number of hydrogen-bond acceptors (Lipinski definition) is 2. The van der Waals surface area contributed by atoms with Crippen LogP contribution in [0.5, 0.6) is 0 Å². The minimum atomic E-state index is -0.0637. The van der Waals surface area contributed by atoms with E-state index in [4.69, 9.17) is 0 Å². The zero-order valence-electron chi connectivity index (χ0n) is 13.4. The summed E-state index contributed by atoms with van der Waals surface area (Å²) in [6.07, 6.45) is 4.83. The van der Waals surface area contributed by atoms with Crippen molar-refractivity contribution in [1.82, 2.24) is 5.43 Å². The van der Waals surface area contributed by atoms with Crippen LogP contribution in [0.2, 0.25) is 0 Å². The van der Waals surface area contributed by atoms with Crippen molar-refractivity contribution in [2.24, 2.45) is 5.10 Å². The minimum absolute atomic E-state index is 0.0637. The molecule has 0 aromatic heterocycles. The van der Waals surface area contributed by atoms with E-state index in [2.05, 4.69) is 35.7 Å². The lowest BCUT2D eigenvalue weighted by Crippen LogP contribution is -2.21. The van der Waals surface area contributed by atoms with Crippen molar-refractivity contribution >= 4 is 22.4 Å². The summed E-state index contributed by atoms with van der Waals surface area (Å²) in [5, 5.41) is 6.48. The smallest absolute Gasteiger partial charge is 0.244 e. The third kappa shape index (κ3) is 4.69. The molecule has 22 heavy (non-hydrogen) atoms. The van der Waals surface area contributed by atoms with Gasteiger partial charge < -0.3 is 0 Å². The van der Waals surface area contributed by atoms with Crippen molar-refractivity contribution in [1.29, 1.82) is 0 Å². The molecular formula is C19H24N2O. The summed E-state index contributed by atoms with van der Waals surface area (Å²) < 4.78 is 0. The zero-order valence-corrected chi connectivity index (χ0v) is 13.4. The summed E-state index contributed by atoms with van der Waals surface area (Å²) in [7, 11) is 0. The first-order valence-corrected chi connectivity index (χ1v) is 7.99. The Hall–Kier alpha value is -2.16. The first kappa shape index (κ1) is 16.2. The lowest BCUT2D eigenvalue weighted by atomic mass is 10.0. The molecule has 0 aliphatic heterocycles. The van der Waals surface area contributed by atoms with E-state index < -0.39 is 0 Å². The van der Waals surface area contributed by atoms with E-state index in [1.165, 1.54) is 12.8 Å². The van der Waals surface area contributed by atoms with E-state index in [0.29, 0.717) is 6.42 Å². The second-order valence-electron chi connectivity index (χ2n) is 5.65. The number of benzene rings is 2. The average Bonchev–Trinajstić information content (AvgIpc) is 2.54. The SMILES string of the molecule is CCCCC/C(C)=N/NC(=O)Cc1cccc2ccccc12. The molecule has 0 spiro atoms.